The van der Waals surface area contributed by atoms with Crippen molar-refractivity contribution in [3.8, 4) is 5.75 Å². The minimum Gasteiger partial charge on any atom is -0.489 e. The van der Waals surface area contributed by atoms with Gasteiger partial charge in [-0.1, -0.05) is 30.3 Å². The molecule has 0 aliphatic rings. The van der Waals surface area contributed by atoms with Crippen LogP contribution in [0.1, 0.15) is 23.4 Å². The van der Waals surface area contributed by atoms with Crippen LogP contribution in [0.3, 0.4) is 0 Å². The van der Waals surface area contributed by atoms with Crippen molar-refractivity contribution in [1.29, 1.82) is 0 Å². The van der Waals surface area contributed by atoms with Gasteiger partial charge >= 0.3 is 6.18 Å². The SMILES string of the molecule is Cn1ccnc1[C@](O)(CCNCc1ccc(OCc2ccccc2F)cc1)C(F)(F)F. The molecule has 0 aliphatic carbocycles. The van der Waals surface area contributed by atoms with E-state index in [2.05, 4.69) is 10.3 Å². The number of nitrogens with one attached hydrogen (secondary N) is 1. The molecule has 0 saturated carbocycles. The lowest BCUT2D eigenvalue weighted by molar-refractivity contribution is -0.272. The van der Waals surface area contributed by atoms with Gasteiger partial charge in [-0.15, -0.1) is 0 Å². The molecule has 0 saturated heterocycles. The van der Waals surface area contributed by atoms with Crippen molar-refractivity contribution < 1.29 is 27.4 Å². The minimum atomic E-state index is -4.86. The first kappa shape index (κ1) is 22.8. The van der Waals surface area contributed by atoms with Gasteiger partial charge in [-0.05, 0) is 30.3 Å². The Balaban J connectivity index is 1.51. The average molecular weight is 437 g/mol. The molecule has 3 aromatic rings. The first-order chi connectivity index (χ1) is 14.7. The topological polar surface area (TPSA) is 59.3 Å². The zero-order valence-electron chi connectivity index (χ0n) is 16.9. The van der Waals surface area contributed by atoms with Gasteiger partial charge in [-0.25, -0.2) is 9.37 Å². The van der Waals surface area contributed by atoms with Gasteiger partial charge in [0.25, 0.3) is 0 Å². The standard InChI is InChI=1S/C22H23F4N3O2/c1-29-13-12-28-20(29)21(30,22(24,25)26)10-11-27-14-16-6-8-18(9-7-16)31-15-17-4-2-3-5-19(17)23/h2-9,12-13,27,30H,10-11,14-15H2,1H3/t21-/m1/s1. The highest BCUT2D eigenvalue weighted by Gasteiger charge is 2.56. The van der Waals surface area contributed by atoms with E-state index in [9.17, 15) is 22.7 Å². The maximum Gasteiger partial charge on any atom is 0.424 e. The molecule has 166 valence electrons. The summed E-state index contributed by atoms with van der Waals surface area (Å²) in [7, 11) is 1.41. The average Bonchev–Trinajstić information content (AvgIpc) is 3.17. The summed E-state index contributed by atoms with van der Waals surface area (Å²) < 4.78 is 60.8. The van der Waals surface area contributed by atoms with Gasteiger partial charge < -0.3 is 19.7 Å². The van der Waals surface area contributed by atoms with Crippen molar-refractivity contribution in [2.24, 2.45) is 7.05 Å². The number of hydrogen-bond acceptors (Lipinski definition) is 4. The third kappa shape index (κ3) is 5.42. The van der Waals surface area contributed by atoms with Crippen LogP contribution in [0.2, 0.25) is 0 Å². The van der Waals surface area contributed by atoms with Gasteiger partial charge in [0.15, 0.2) is 0 Å². The second-order valence-electron chi connectivity index (χ2n) is 7.17. The molecule has 1 atom stereocenters. The Morgan fingerprint density at radius 3 is 2.42 bits per heavy atom. The second kappa shape index (κ2) is 9.49. The summed E-state index contributed by atoms with van der Waals surface area (Å²) in [6.07, 6.45) is -2.86. The Bertz CT molecular complexity index is 989. The first-order valence-electron chi connectivity index (χ1n) is 9.63. The van der Waals surface area contributed by atoms with E-state index in [1.165, 1.54) is 25.5 Å². The largest absolute Gasteiger partial charge is 0.489 e. The number of benzene rings is 2. The molecule has 0 bridgehead atoms. The fourth-order valence-electron chi connectivity index (χ4n) is 3.13. The lowest BCUT2D eigenvalue weighted by Gasteiger charge is -2.30. The summed E-state index contributed by atoms with van der Waals surface area (Å²) in [4.78, 5) is 3.67. The van der Waals surface area contributed by atoms with E-state index in [1.54, 1.807) is 42.5 Å². The van der Waals surface area contributed by atoms with Crippen LogP contribution in [-0.4, -0.2) is 27.4 Å². The van der Waals surface area contributed by atoms with Crippen molar-refractivity contribution in [3.63, 3.8) is 0 Å². The zero-order valence-corrected chi connectivity index (χ0v) is 16.9. The van der Waals surface area contributed by atoms with E-state index in [0.717, 1.165) is 10.1 Å². The Kier molecular flexibility index (Phi) is 6.97. The smallest absolute Gasteiger partial charge is 0.424 e. The fourth-order valence-corrected chi connectivity index (χ4v) is 3.13. The Morgan fingerprint density at radius 2 is 1.81 bits per heavy atom. The molecular formula is C22H23F4N3O2. The van der Waals surface area contributed by atoms with E-state index >= 15 is 0 Å². The highest BCUT2D eigenvalue weighted by molar-refractivity contribution is 5.28. The van der Waals surface area contributed by atoms with E-state index < -0.39 is 24.0 Å². The molecule has 2 N–H and O–H groups in total. The molecule has 0 unspecified atom stereocenters. The minimum absolute atomic E-state index is 0.0750. The molecule has 0 radical (unpaired) electrons. The number of aliphatic hydroxyl groups is 1. The van der Waals surface area contributed by atoms with Gasteiger partial charge in [0, 0.05) is 38.0 Å². The number of alkyl halides is 3. The maximum atomic E-state index is 13.6. The van der Waals surface area contributed by atoms with Gasteiger partial charge in [0.05, 0.1) is 0 Å². The lowest BCUT2D eigenvalue weighted by Crippen LogP contribution is -2.46. The summed E-state index contributed by atoms with van der Waals surface area (Å²) >= 11 is 0. The van der Waals surface area contributed by atoms with E-state index in [-0.39, 0.29) is 19.0 Å². The summed E-state index contributed by atoms with van der Waals surface area (Å²) in [6.45, 7) is 0.323. The first-order valence-corrected chi connectivity index (χ1v) is 9.63. The van der Waals surface area contributed by atoms with E-state index in [1.807, 2.05) is 0 Å². The highest BCUT2D eigenvalue weighted by atomic mass is 19.4. The number of imidazole rings is 1. The molecule has 1 heterocycles. The van der Waals surface area contributed by atoms with Crippen LogP contribution in [0.5, 0.6) is 5.75 Å². The molecule has 0 aliphatic heterocycles. The third-order valence-corrected chi connectivity index (χ3v) is 4.93. The van der Waals surface area contributed by atoms with Crippen LogP contribution >= 0.6 is 0 Å². The summed E-state index contributed by atoms with van der Waals surface area (Å²) in [5.74, 6) is -0.237. The molecule has 2 aromatic carbocycles. The van der Waals surface area contributed by atoms with Gasteiger partial charge in [-0.3, -0.25) is 0 Å². The van der Waals surface area contributed by atoms with Crippen LogP contribution in [0, 0.1) is 5.82 Å². The predicted molar refractivity (Wildman–Crippen MR) is 107 cm³/mol. The normalized spacial score (nSPS) is 13.7. The van der Waals surface area contributed by atoms with Crippen molar-refractivity contribution in [1.82, 2.24) is 14.9 Å². The molecular weight excluding hydrogens is 414 g/mol. The van der Waals surface area contributed by atoms with Crippen LogP contribution < -0.4 is 10.1 Å². The van der Waals surface area contributed by atoms with Crippen molar-refractivity contribution in [2.45, 2.75) is 31.3 Å². The van der Waals surface area contributed by atoms with Gasteiger partial charge in [-0.2, -0.15) is 13.2 Å². The molecule has 0 fully saturated rings. The predicted octanol–water partition coefficient (Wildman–Crippen LogP) is 4.07. The molecule has 5 nitrogen and oxygen atoms in total. The van der Waals surface area contributed by atoms with Crippen molar-refractivity contribution in [2.75, 3.05) is 6.54 Å². The quantitative estimate of drug-likeness (QED) is 0.392. The van der Waals surface area contributed by atoms with Crippen LogP contribution in [0.15, 0.2) is 60.9 Å². The number of nitrogens with zero attached hydrogens (tertiary/aromatic N) is 2. The molecule has 3 rings (SSSR count). The number of hydrogen-bond donors (Lipinski definition) is 2. The van der Waals surface area contributed by atoms with Crippen LogP contribution in [-0.2, 0) is 25.8 Å². The number of ether oxygens (including phenoxy) is 1. The zero-order chi connectivity index (χ0) is 22.5. The van der Waals surface area contributed by atoms with E-state index in [4.69, 9.17) is 4.74 Å². The maximum absolute atomic E-state index is 13.6. The molecule has 31 heavy (non-hydrogen) atoms. The Labute approximate surface area is 177 Å². The fraction of sp³-hybridized carbons (Fsp3) is 0.318. The molecule has 0 amide bonds. The summed E-state index contributed by atoms with van der Waals surface area (Å²) in [6, 6.07) is 13.3. The van der Waals surface area contributed by atoms with Crippen LogP contribution in [0.4, 0.5) is 17.6 Å². The number of aryl methyl sites for hydroxylation is 1. The van der Waals surface area contributed by atoms with E-state index in [0.29, 0.717) is 17.9 Å². The molecule has 9 heteroatoms. The van der Waals surface area contributed by atoms with Gasteiger partial charge in [0.2, 0.25) is 5.60 Å². The Hall–Kier alpha value is -2.91. The second-order valence-corrected chi connectivity index (χ2v) is 7.17. The highest BCUT2D eigenvalue weighted by Crippen LogP contribution is 2.40. The molecule has 1 aromatic heterocycles. The third-order valence-electron chi connectivity index (χ3n) is 4.93. The lowest BCUT2D eigenvalue weighted by atomic mass is 9.97. The number of halogens is 4. The number of aromatic nitrogens is 2. The molecule has 0 spiro atoms. The monoisotopic (exact) mass is 437 g/mol. The summed E-state index contributed by atoms with van der Waals surface area (Å²) in [5, 5.41) is 13.2. The van der Waals surface area contributed by atoms with Gasteiger partial charge in [0.1, 0.15) is 24.0 Å². The Morgan fingerprint density at radius 1 is 1.10 bits per heavy atom. The summed E-state index contributed by atoms with van der Waals surface area (Å²) in [5.41, 5.74) is -1.77. The number of rotatable bonds is 9. The van der Waals surface area contributed by atoms with Crippen molar-refractivity contribution >= 4 is 0 Å². The van der Waals surface area contributed by atoms with Crippen LogP contribution in [0.25, 0.3) is 0 Å². The van der Waals surface area contributed by atoms with Crippen molar-refractivity contribution in [3.05, 3.63) is 83.7 Å².